The Balaban J connectivity index is 1.42. The largest absolute Gasteiger partial charge is 0.497 e. The number of methoxy groups -OCH3 is 2. The molecule has 1 amide bonds. The first-order valence-corrected chi connectivity index (χ1v) is 12.8. The lowest BCUT2D eigenvalue weighted by Crippen LogP contribution is -2.44. The molecule has 5 rings (SSSR count). The highest BCUT2D eigenvalue weighted by atomic mass is 16.5. The van der Waals surface area contributed by atoms with Gasteiger partial charge in [0.2, 0.25) is 0 Å². The summed E-state index contributed by atoms with van der Waals surface area (Å²) in [6.45, 7) is 4.11. The van der Waals surface area contributed by atoms with Crippen molar-refractivity contribution in [3.8, 4) is 22.8 Å². The standard InChI is InChI=1S/C29H34N6O3/c1-30-29(36)25-26(20-6-9-22(10-7-20)35-13-11-34(2)12-14-35)33-28-27(25)32-21(18-31-28)8-5-19-15-23(37-3)17-24(16-19)38-4/h6-7,9-10,15-18H,5,8,11-14H2,1-4H3,(H,30,36)(H,31,33). The van der Waals surface area contributed by atoms with Crippen molar-refractivity contribution in [3.63, 3.8) is 0 Å². The third-order valence-corrected chi connectivity index (χ3v) is 7.11. The van der Waals surface area contributed by atoms with Gasteiger partial charge >= 0.3 is 0 Å². The number of H-pyrrole nitrogens is 1. The van der Waals surface area contributed by atoms with E-state index in [1.807, 2.05) is 18.2 Å². The number of rotatable bonds is 8. The molecule has 2 aromatic carbocycles. The summed E-state index contributed by atoms with van der Waals surface area (Å²) in [7, 11) is 7.07. The van der Waals surface area contributed by atoms with Crippen LogP contribution >= 0.6 is 0 Å². The molecule has 0 aliphatic carbocycles. The molecule has 9 nitrogen and oxygen atoms in total. The molecule has 0 unspecified atom stereocenters. The highest BCUT2D eigenvalue weighted by molar-refractivity contribution is 6.10. The van der Waals surface area contributed by atoms with Crippen molar-refractivity contribution in [2.24, 2.45) is 0 Å². The molecule has 1 saturated heterocycles. The van der Waals surface area contributed by atoms with Crippen molar-refractivity contribution < 1.29 is 14.3 Å². The lowest BCUT2D eigenvalue weighted by Gasteiger charge is -2.34. The number of nitrogens with one attached hydrogen (secondary N) is 2. The Morgan fingerprint density at radius 2 is 1.68 bits per heavy atom. The Morgan fingerprint density at radius 3 is 2.32 bits per heavy atom. The molecule has 3 heterocycles. The molecule has 2 N–H and O–H groups in total. The van der Waals surface area contributed by atoms with E-state index in [1.54, 1.807) is 27.5 Å². The topological polar surface area (TPSA) is 95.6 Å². The van der Waals surface area contributed by atoms with E-state index >= 15 is 0 Å². The number of hydrogen-bond donors (Lipinski definition) is 2. The monoisotopic (exact) mass is 514 g/mol. The fourth-order valence-corrected chi connectivity index (χ4v) is 4.86. The number of hydrogen-bond acceptors (Lipinski definition) is 7. The smallest absolute Gasteiger partial charge is 0.255 e. The average Bonchev–Trinajstić information content (AvgIpc) is 3.34. The van der Waals surface area contributed by atoms with E-state index in [1.165, 1.54) is 5.69 Å². The van der Waals surface area contributed by atoms with Crippen LogP contribution in [0, 0.1) is 0 Å². The van der Waals surface area contributed by atoms with E-state index in [4.69, 9.17) is 14.5 Å². The van der Waals surface area contributed by atoms with E-state index < -0.39 is 0 Å². The number of ether oxygens (including phenoxy) is 2. The molecular formula is C29H34N6O3. The molecule has 9 heteroatoms. The van der Waals surface area contributed by atoms with E-state index in [9.17, 15) is 4.79 Å². The van der Waals surface area contributed by atoms with Gasteiger partial charge < -0.3 is 29.6 Å². The molecule has 198 valence electrons. The maximum atomic E-state index is 13.0. The first-order valence-electron chi connectivity index (χ1n) is 12.8. The molecule has 1 aliphatic rings. The van der Waals surface area contributed by atoms with Crippen molar-refractivity contribution in [2.75, 3.05) is 59.4 Å². The van der Waals surface area contributed by atoms with Crippen LogP contribution in [0.5, 0.6) is 11.5 Å². The van der Waals surface area contributed by atoms with Gasteiger partial charge in [-0.3, -0.25) is 4.79 Å². The predicted molar refractivity (Wildman–Crippen MR) is 149 cm³/mol. The van der Waals surface area contributed by atoms with E-state index in [0.717, 1.165) is 66.6 Å². The number of aryl methyl sites for hydroxylation is 2. The molecule has 0 bridgehead atoms. The van der Waals surface area contributed by atoms with Crippen LogP contribution in [0.2, 0.25) is 0 Å². The third kappa shape index (κ3) is 5.28. The fourth-order valence-electron chi connectivity index (χ4n) is 4.86. The van der Waals surface area contributed by atoms with Gasteiger partial charge in [0.1, 0.15) is 17.0 Å². The van der Waals surface area contributed by atoms with Crippen molar-refractivity contribution in [1.29, 1.82) is 0 Å². The van der Waals surface area contributed by atoms with Crippen molar-refractivity contribution in [3.05, 3.63) is 65.5 Å². The average molecular weight is 515 g/mol. The van der Waals surface area contributed by atoms with Gasteiger partial charge in [0.25, 0.3) is 5.91 Å². The second-order valence-corrected chi connectivity index (χ2v) is 9.57. The number of fused-ring (bicyclic) bond motifs is 1. The molecule has 2 aromatic heterocycles. The quantitative estimate of drug-likeness (QED) is 0.371. The summed E-state index contributed by atoms with van der Waals surface area (Å²) < 4.78 is 10.8. The summed E-state index contributed by atoms with van der Waals surface area (Å²) in [5, 5.41) is 2.77. The Bertz CT molecular complexity index is 1400. The number of carbonyl (C=O) groups excluding carboxylic acids is 1. The van der Waals surface area contributed by atoms with E-state index in [-0.39, 0.29) is 5.91 Å². The molecule has 38 heavy (non-hydrogen) atoms. The molecule has 1 aliphatic heterocycles. The van der Waals surface area contributed by atoms with Crippen LogP contribution in [-0.4, -0.2) is 80.3 Å². The number of carbonyl (C=O) groups is 1. The molecule has 0 atom stereocenters. The summed E-state index contributed by atoms with van der Waals surface area (Å²) in [4.78, 5) is 30.6. The maximum absolute atomic E-state index is 13.0. The number of likely N-dealkylation sites (N-methyl/N-ethyl adjacent to an activating group) is 1. The summed E-state index contributed by atoms with van der Waals surface area (Å²) in [6, 6.07) is 14.2. The van der Waals surface area contributed by atoms with Crippen molar-refractivity contribution >= 4 is 22.8 Å². The Hall–Kier alpha value is -4.11. The highest BCUT2D eigenvalue weighted by Crippen LogP contribution is 2.31. The van der Waals surface area contributed by atoms with Gasteiger partial charge in [-0.15, -0.1) is 0 Å². The van der Waals surface area contributed by atoms with Crippen LogP contribution in [0.15, 0.2) is 48.7 Å². The number of nitrogens with zero attached hydrogens (tertiary/aromatic N) is 4. The molecular weight excluding hydrogens is 480 g/mol. The molecule has 0 saturated carbocycles. The zero-order chi connectivity index (χ0) is 26.6. The zero-order valence-corrected chi connectivity index (χ0v) is 22.4. The lowest BCUT2D eigenvalue weighted by molar-refractivity contribution is 0.0965. The number of aromatic nitrogens is 3. The highest BCUT2D eigenvalue weighted by Gasteiger charge is 2.22. The minimum atomic E-state index is -0.196. The van der Waals surface area contributed by atoms with Crippen LogP contribution in [0.1, 0.15) is 21.6 Å². The lowest BCUT2D eigenvalue weighted by atomic mass is 10.1. The van der Waals surface area contributed by atoms with E-state index in [0.29, 0.717) is 23.1 Å². The van der Waals surface area contributed by atoms with Crippen LogP contribution in [0.4, 0.5) is 5.69 Å². The van der Waals surface area contributed by atoms with Gasteiger partial charge in [0.05, 0.1) is 37.4 Å². The van der Waals surface area contributed by atoms with Gasteiger partial charge in [0.15, 0.2) is 5.65 Å². The van der Waals surface area contributed by atoms with E-state index in [2.05, 4.69) is 56.4 Å². The number of benzene rings is 2. The summed E-state index contributed by atoms with van der Waals surface area (Å²) in [5.41, 5.74) is 6.38. The summed E-state index contributed by atoms with van der Waals surface area (Å²) in [6.07, 6.45) is 3.16. The van der Waals surface area contributed by atoms with Crippen LogP contribution in [0.25, 0.3) is 22.4 Å². The summed E-state index contributed by atoms with van der Waals surface area (Å²) >= 11 is 0. The second kappa shape index (κ2) is 11.1. The third-order valence-electron chi connectivity index (χ3n) is 7.11. The number of amides is 1. The van der Waals surface area contributed by atoms with Gasteiger partial charge in [0, 0.05) is 45.0 Å². The summed E-state index contributed by atoms with van der Waals surface area (Å²) in [5.74, 6) is 1.30. The molecule has 0 radical (unpaired) electrons. The minimum Gasteiger partial charge on any atom is -0.497 e. The zero-order valence-electron chi connectivity index (χ0n) is 22.4. The first kappa shape index (κ1) is 25.5. The molecule has 0 spiro atoms. The van der Waals surface area contributed by atoms with Crippen LogP contribution < -0.4 is 19.7 Å². The maximum Gasteiger partial charge on any atom is 0.255 e. The predicted octanol–water partition coefficient (Wildman–Crippen LogP) is 3.54. The number of piperazine rings is 1. The van der Waals surface area contributed by atoms with Gasteiger partial charge in [-0.1, -0.05) is 12.1 Å². The van der Waals surface area contributed by atoms with Crippen LogP contribution in [0.3, 0.4) is 0 Å². The number of anilines is 1. The Morgan fingerprint density at radius 1 is 1.00 bits per heavy atom. The minimum absolute atomic E-state index is 0.196. The fraction of sp³-hybridized carbons (Fsp3) is 0.345. The Labute approximate surface area is 222 Å². The van der Waals surface area contributed by atoms with Gasteiger partial charge in [-0.05, 0) is 55.3 Å². The SMILES string of the molecule is CNC(=O)c1c(-c2ccc(N3CCN(C)CC3)cc2)[nH]c2ncc(CCc3cc(OC)cc(OC)c3)nc12. The van der Waals surface area contributed by atoms with Crippen molar-refractivity contribution in [1.82, 2.24) is 25.2 Å². The Kier molecular flexibility index (Phi) is 7.46. The first-order chi connectivity index (χ1) is 18.5. The normalized spacial score (nSPS) is 14.1. The number of aromatic amines is 1. The molecule has 1 fully saturated rings. The van der Waals surface area contributed by atoms with Gasteiger partial charge in [-0.25, -0.2) is 9.97 Å². The van der Waals surface area contributed by atoms with Gasteiger partial charge in [-0.2, -0.15) is 0 Å². The molecule has 4 aromatic rings. The van der Waals surface area contributed by atoms with Crippen molar-refractivity contribution in [2.45, 2.75) is 12.8 Å². The van der Waals surface area contributed by atoms with Crippen LogP contribution in [-0.2, 0) is 12.8 Å². The second-order valence-electron chi connectivity index (χ2n) is 9.57.